The molecule has 0 aliphatic carbocycles. The van der Waals surface area contributed by atoms with Gasteiger partial charge in [0.2, 0.25) is 0 Å². The molecule has 5 nitrogen and oxygen atoms in total. The van der Waals surface area contributed by atoms with Crippen LogP contribution >= 0.6 is 0 Å². The summed E-state index contributed by atoms with van der Waals surface area (Å²) in [4.78, 5) is 16.5. The molecule has 102 valence electrons. The van der Waals surface area contributed by atoms with Crippen molar-refractivity contribution in [2.45, 2.75) is 52.1 Å². The van der Waals surface area contributed by atoms with E-state index in [2.05, 4.69) is 10.3 Å². The summed E-state index contributed by atoms with van der Waals surface area (Å²) >= 11 is 0. The minimum atomic E-state index is -0.302. The lowest BCUT2D eigenvalue weighted by Crippen LogP contribution is -2.45. The number of rotatable bonds is 4. The van der Waals surface area contributed by atoms with Gasteiger partial charge in [0.15, 0.2) is 5.82 Å². The lowest BCUT2D eigenvalue weighted by atomic mass is 9.99. The summed E-state index contributed by atoms with van der Waals surface area (Å²) in [7, 11) is 0. The first-order valence-electron chi connectivity index (χ1n) is 6.30. The Morgan fingerprint density at radius 2 is 2.00 bits per heavy atom. The topological polar surface area (TPSA) is 72.9 Å². The van der Waals surface area contributed by atoms with Crippen LogP contribution in [0.3, 0.4) is 0 Å². The van der Waals surface area contributed by atoms with Gasteiger partial charge < -0.3 is 15.6 Å². The van der Waals surface area contributed by atoms with E-state index in [1.165, 1.54) is 0 Å². The highest BCUT2D eigenvalue weighted by Crippen LogP contribution is 2.15. The molecule has 1 atom stereocenters. The van der Waals surface area contributed by atoms with Gasteiger partial charge in [0, 0.05) is 30.0 Å². The first kappa shape index (κ1) is 14.7. The molecule has 0 aliphatic rings. The fourth-order valence-corrected chi connectivity index (χ4v) is 1.60. The molecule has 3 N–H and O–H groups in total. The highest BCUT2D eigenvalue weighted by molar-refractivity contribution is 5.35. The summed E-state index contributed by atoms with van der Waals surface area (Å²) in [5.74, 6) is 0.363. The fraction of sp³-hybridized carbons (Fsp3) is 0.692. The van der Waals surface area contributed by atoms with Gasteiger partial charge in [0.1, 0.15) is 0 Å². The van der Waals surface area contributed by atoms with E-state index >= 15 is 0 Å². The van der Waals surface area contributed by atoms with Gasteiger partial charge in [-0.05, 0) is 34.1 Å². The van der Waals surface area contributed by atoms with Gasteiger partial charge in [-0.3, -0.25) is 4.79 Å². The molecule has 0 saturated carbocycles. The zero-order valence-corrected chi connectivity index (χ0v) is 11.9. The zero-order chi connectivity index (χ0) is 14.0. The van der Waals surface area contributed by atoms with Crippen LogP contribution in [-0.2, 0) is 5.54 Å². The molecule has 0 saturated heterocycles. The SMILES string of the molecule is CCC(C)(CN)Nc1nccn(C(C)(C)C)c1=O. The Morgan fingerprint density at radius 3 is 2.44 bits per heavy atom. The maximum Gasteiger partial charge on any atom is 0.293 e. The summed E-state index contributed by atoms with van der Waals surface area (Å²) in [6.07, 6.45) is 4.18. The minimum Gasteiger partial charge on any atom is -0.359 e. The Hall–Kier alpha value is -1.36. The van der Waals surface area contributed by atoms with Crippen LogP contribution < -0.4 is 16.6 Å². The van der Waals surface area contributed by atoms with Gasteiger partial charge in [-0.25, -0.2) is 4.98 Å². The summed E-state index contributed by atoms with van der Waals surface area (Å²) in [5.41, 5.74) is 5.06. The lowest BCUT2D eigenvalue weighted by molar-refractivity contribution is 0.382. The molecule has 0 fully saturated rings. The average Bonchev–Trinajstić information content (AvgIpc) is 2.30. The second-order valence-electron chi connectivity index (χ2n) is 5.87. The molecule has 0 amide bonds. The summed E-state index contributed by atoms with van der Waals surface area (Å²) < 4.78 is 1.68. The van der Waals surface area contributed by atoms with E-state index in [0.29, 0.717) is 12.4 Å². The van der Waals surface area contributed by atoms with E-state index in [0.717, 1.165) is 6.42 Å². The Morgan fingerprint density at radius 1 is 1.39 bits per heavy atom. The molecule has 1 heterocycles. The predicted molar refractivity (Wildman–Crippen MR) is 74.9 cm³/mol. The monoisotopic (exact) mass is 252 g/mol. The van der Waals surface area contributed by atoms with Crippen LogP contribution in [0.4, 0.5) is 5.82 Å². The second-order valence-corrected chi connectivity index (χ2v) is 5.87. The third-order valence-corrected chi connectivity index (χ3v) is 3.21. The van der Waals surface area contributed by atoms with Gasteiger partial charge in [-0.2, -0.15) is 0 Å². The number of nitrogens with zero attached hydrogens (tertiary/aromatic N) is 2. The lowest BCUT2D eigenvalue weighted by Gasteiger charge is -2.29. The molecule has 1 aromatic heterocycles. The predicted octanol–water partition coefficient (Wildman–Crippen LogP) is 1.54. The van der Waals surface area contributed by atoms with E-state index in [1.807, 2.05) is 34.6 Å². The third kappa shape index (κ3) is 3.10. The smallest absolute Gasteiger partial charge is 0.293 e. The molecule has 0 spiro atoms. The van der Waals surface area contributed by atoms with Crippen molar-refractivity contribution in [1.29, 1.82) is 0 Å². The van der Waals surface area contributed by atoms with Crippen molar-refractivity contribution in [3.63, 3.8) is 0 Å². The van der Waals surface area contributed by atoms with Crippen molar-refractivity contribution in [2.24, 2.45) is 5.73 Å². The Bertz CT molecular complexity index is 455. The first-order chi connectivity index (χ1) is 8.23. The Labute approximate surface area is 108 Å². The second kappa shape index (κ2) is 5.10. The average molecular weight is 252 g/mol. The molecule has 0 radical (unpaired) electrons. The number of anilines is 1. The fourth-order valence-electron chi connectivity index (χ4n) is 1.60. The van der Waals surface area contributed by atoms with Crippen LogP contribution in [0.1, 0.15) is 41.0 Å². The molecule has 1 unspecified atom stereocenters. The van der Waals surface area contributed by atoms with Crippen LogP contribution in [0.2, 0.25) is 0 Å². The highest BCUT2D eigenvalue weighted by Gasteiger charge is 2.23. The molecule has 0 aromatic carbocycles. The van der Waals surface area contributed by atoms with Crippen molar-refractivity contribution in [1.82, 2.24) is 9.55 Å². The molecular weight excluding hydrogens is 228 g/mol. The molecular formula is C13H24N4O. The normalized spacial score (nSPS) is 15.2. The van der Waals surface area contributed by atoms with Crippen LogP contribution in [0.25, 0.3) is 0 Å². The van der Waals surface area contributed by atoms with Crippen molar-refractivity contribution in [3.05, 3.63) is 22.7 Å². The van der Waals surface area contributed by atoms with E-state index in [-0.39, 0.29) is 16.6 Å². The number of hydrogen-bond acceptors (Lipinski definition) is 4. The van der Waals surface area contributed by atoms with Gasteiger partial charge >= 0.3 is 0 Å². The zero-order valence-electron chi connectivity index (χ0n) is 11.9. The van der Waals surface area contributed by atoms with Crippen LogP contribution in [0.5, 0.6) is 0 Å². The molecule has 1 aromatic rings. The van der Waals surface area contributed by atoms with Gasteiger partial charge in [-0.1, -0.05) is 6.92 Å². The van der Waals surface area contributed by atoms with E-state index in [4.69, 9.17) is 5.73 Å². The quantitative estimate of drug-likeness (QED) is 0.852. The maximum atomic E-state index is 12.3. The van der Waals surface area contributed by atoms with Crippen molar-refractivity contribution in [3.8, 4) is 0 Å². The van der Waals surface area contributed by atoms with Gasteiger partial charge in [0.25, 0.3) is 5.56 Å². The number of hydrogen-bond donors (Lipinski definition) is 2. The summed E-state index contributed by atoms with van der Waals surface area (Å²) in [5, 5.41) is 3.17. The van der Waals surface area contributed by atoms with Crippen LogP contribution in [0, 0.1) is 0 Å². The maximum absolute atomic E-state index is 12.3. The van der Waals surface area contributed by atoms with Crippen molar-refractivity contribution in [2.75, 3.05) is 11.9 Å². The number of aromatic nitrogens is 2. The van der Waals surface area contributed by atoms with E-state index < -0.39 is 0 Å². The van der Waals surface area contributed by atoms with E-state index in [9.17, 15) is 4.79 Å². The largest absolute Gasteiger partial charge is 0.359 e. The molecule has 0 aliphatic heterocycles. The highest BCUT2D eigenvalue weighted by atomic mass is 16.1. The van der Waals surface area contributed by atoms with E-state index in [1.54, 1.807) is 17.0 Å². The molecule has 18 heavy (non-hydrogen) atoms. The standard InChI is InChI=1S/C13H24N4O/c1-6-13(5,9-14)16-10-11(18)17(8-7-15-10)12(2,3)4/h7-8H,6,9,14H2,1-5H3,(H,15,16). The summed E-state index contributed by atoms with van der Waals surface area (Å²) in [6.45, 7) is 10.4. The Balaban J connectivity index is 3.17. The van der Waals surface area contributed by atoms with Crippen molar-refractivity contribution < 1.29 is 0 Å². The first-order valence-corrected chi connectivity index (χ1v) is 6.30. The third-order valence-electron chi connectivity index (χ3n) is 3.21. The van der Waals surface area contributed by atoms with Crippen LogP contribution in [-0.4, -0.2) is 21.6 Å². The number of nitrogens with two attached hydrogens (primary N) is 1. The van der Waals surface area contributed by atoms with Gasteiger partial charge in [0.05, 0.1) is 0 Å². The van der Waals surface area contributed by atoms with Gasteiger partial charge in [-0.15, -0.1) is 0 Å². The molecule has 5 heteroatoms. The van der Waals surface area contributed by atoms with Crippen LogP contribution in [0.15, 0.2) is 17.2 Å². The van der Waals surface area contributed by atoms with Crippen molar-refractivity contribution >= 4 is 5.82 Å². The molecule has 0 bridgehead atoms. The minimum absolute atomic E-state index is 0.113. The molecule has 1 rings (SSSR count). The Kier molecular flexibility index (Phi) is 4.16. The summed E-state index contributed by atoms with van der Waals surface area (Å²) in [6, 6.07) is 0. The number of nitrogens with one attached hydrogen (secondary N) is 1.